The quantitative estimate of drug-likeness (QED) is 0.921. The Labute approximate surface area is 122 Å². The molecule has 4 heteroatoms. The van der Waals surface area contributed by atoms with Crippen LogP contribution in [0.15, 0.2) is 23.6 Å². The van der Waals surface area contributed by atoms with E-state index in [1.165, 1.54) is 0 Å². The van der Waals surface area contributed by atoms with Crippen molar-refractivity contribution in [2.45, 2.75) is 37.5 Å². The van der Waals surface area contributed by atoms with E-state index < -0.39 is 11.4 Å². The van der Waals surface area contributed by atoms with E-state index in [1.807, 2.05) is 23.6 Å². The first-order valence-electron chi connectivity index (χ1n) is 6.97. The zero-order valence-electron chi connectivity index (χ0n) is 11.5. The molecule has 0 atom stereocenters. The standard InChI is InChI=1S/C16H18O3S/c1-19-14-11-7-10-20-13(11)6-5-12(14)16(15(17)18)8-3-2-4-9-16/h5-7,10H,2-4,8-9H2,1H3,(H,17,18). The van der Waals surface area contributed by atoms with Crippen LogP contribution in [0.25, 0.3) is 10.1 Å². The highest BCUT2D eigenvalue weighted by Gasteiger charge is 2.43. The van der Waals surface area contributed by atoms with E-state index in [2.05, 4.69) is 0 Å². The second-order valence-corrected chi connectivity index (χ2v) is 6.37. The normalized spacial score (nSPS) is 18.1. The molecule has 106 valence electrons. The third-order valence-corrected chi connectivity index (χ3v) is 5.30. The van der Waals surface area contributed by atoms with Gasteiger partial charge in [0.1, 0.15) is 5.75 Å². The SMILES string of the molecule is COc1c(C2(C(=O)O)CCCCC2)ccc2sccc12. The van der Waals surface area contributed by atoms with Crippen LogP contribution in [0, 0.1) is 0 Å². The van der Waals surface area contributed by atoms with Crippen molar-refractivity contribution in [3.63, 3.8) is 0 Å². The van der Waals surface area contributed by atoms with Crippen LogP contribution in [0.5, 0.6) is 5.75 Å². The predicted molar refractivity (Wildman–Crippen MR) is 80.8 cm³/mol. The number of benzene rings is 1. The smallest absolute Gasteiger partial charge is 0.314 e. The predicted octanol–water partition coefficient (Wildman–Crippen LogP) is 4.20. The van der Waals surface area contributed by atoms with E-state index in [-0.39, 0.29) is 0 Å². The van der Waals surface area contributed by atoms with Crippen molar-refractivity contribution in [1.29, 1.82) is 0 Å². The van der Waals surface area contributed by atoms with Gasteiger partial charge in [-0.1, -0.05) is 25.3 Å². The van der Waals surface area contributed by atoms with Crippen LogP contribution in [0.2, 0.25) is 0 Å². The molecular weight excluding hydrogens is 272 g/mol. The Balaban J connectivity index is 2.22. The monoisotopic (exact) mass is 290 g/mol. The van der Waals surface area contributed by atoms with Gasteiger partial charge in [0.2, 0.25) is 0 Å². The van der Waals surface area contributed by atoms with Gasteiger partial charge in [0.25, 0.3) is 0 Å². The van der Waals surface area contributed by atoms with Gasteiger partial charge in [-0.3, -0.25) is 4.79 Å². The van der Waals surface area contributed by atoms with Gasteiger partial charge in [-0.15, -0.1) is 11.3 Å². The van der Waals surface area contributed by atoms with E-state index in [9.17, 15) is 9.90 Å². The number of hydrogen-bond donors (Lipinski definition) is 1. The van der Waals surface area contributed by atoms with Crippen molar-refractivity contribution in [2.24, 2.45) is 0 Å². The molecule has 1 aliphatic rings. The summed E-state index contributed by atoms with van der Waals surface area (Å²) >= 11 is 1.65. The molecule has 0 saturated heterocycles. The molecular formula is C16H18O3S. The molecule has 1 heterocycles. The fourth-order valence-corrected chi connectivity index (χ4v) is 4.15. The molecule has 1 fully saturated rings. The zero-order valence-corrected chi connectivity index (χ0v) is 12.3. The van der Waals surface area contributed by atoms with Crippen molar-refractivity contribution in [2.75, 3.05) is 7.11 Å². The molecule has 20 heavy (non-hydrogen) atoms. The lowest BCUT2D eigenvalue weighted by Gasteiger charge is -2.34. The van der Waals surface area contributed by atoms with Crippen molar-refractivity contribution in [3.05, 3.63) is 29.1 Å². The molecule has 0 aliphatic heterocycles. The van der Waals surface area contributed by atoms with Crippen LogP contribution in [0.3, 0.4) is 0 Å². The molecule has 3 rings (SSSR count). The summed E-state index contributed by atoms with van der Waals surface area (Å²) in [6.07, 6.45) is 4.47. The second kappa shape index (κ2) is 5.09. The highest BCUT2D eigenvalue weighted by Crippen LogP contribution is 2.46. The van der Waals surface area contributed by atoms with Gasteiger partial charge in [0, 0.05) is 15.6 Å². The van der Waals surface area contributed by atoms with Gasteiger partial charge in [0.05, 0.1) is 12.5 Å². The molecule has 0 spiro atoms. The Hall–Kier alpha value is -1.55. The van der Waals surface area contributed by atoms with Crippen molar-refractivity contribution in [3.8, 4) is 5.75 Å². The molecule has 2 aromatic rings. The first-order valence-corrected chi connectivity index (χ1v) is 7.85. The topological polar surface area (TPSA) is 46.5 Å². The Morgan fingerprint density at radius 3 is 2.65 bits per heavy atom. The fraction of sp³-hybridized carbons (Fsp3) is 0.438. The fourth-order valence-electron chi connectivity index (χ4n) is 3.37. The average molecular weight is 290 g/mol. The van der Waals surface area contributed by atoms with E-state index in [4.69, 9.17) is 4.74 Å². The maximum atomic E-state index is 12.0. The van der Waals surface area contributed by atoms with Gasteiger partial charge in [-0.25, -0.2) is 0 Å². The number of fused-ring (bicyclic) bond motifs is 1. The maximum Gasteiger partial charge on any atom is 0.314 e. The number of aliphatic carboxylic acids is 1. The van der Waals surface area contributed by atoms with E-state index in [0.29, 0.717) is 12.8 Å². The van der Waals surface area contributed by atoms with Gasteiger partial charge in [-0.05, 0) is 30.4 Å². The Morgan fingerprint density at radius 2 is 2.00 bits per heavy atom. The summed E-state index contributed by atoms with van der Waals surface area (Å²) in [6.45, 7) is 0. The molecule has 1 saturated carbocycles. The molecule has 0 bridgehead atoms. The van der Waals surface area contributed by atoms with Crippen molar-refractivity contribution in [1.82, 2.24) is 0 Å². The molecule has 1 aliphatic carbocycles. The van der Waals surface area contributed by atoms with Crippen LogP contribution in [0.1, 0.15) is 37.7 Å². The molecule has 0 radical (unpaired) electrons. The summed E-state index contributed by atoms with van der Waals surface area (Å²) in [6, 6.07) is 6.00. The highest BCUT2D eigenvalue weighted by molar-refractivity contribution is 7.17. The summed E-state index contributed by atoms with van der Waals surface area (Å²) in [4.78, 5) is 12.0. The number of thiophene rings is 1. The highest BCUT2D eigenvalue weighted by atomic mass is 32.1. The minimum atomic E-state index is -0.778. The van der Waals surface area contributed by atoms with Crippen LogP contribution in [-0.4, -0.2) is 18.2 Å². The van der Waals surface area contributed by atoms with Crippen LogP contribution >= 0.6 is 11.3 Å². The van der Waals surface area contributed by atoms with Gasteiger partial charge >= 0.3 is 5.97 Å². The summed E-state index contributed by atoms with van der Waals surface area (Å²) in [5.74, 6) is 0.0260. The maximum absolute atomic E-state index is 12.0. The largest absolute Gasteiger partial charge is 0.496 e. The lowest BCUT2D eigenvalue weighted by Crippen LogP contribution is -2.38. The van der Waals surface area contributed by atoms with E-state index in [0.717, 1.165) is 40.7 Å². The average Bonchev–Trinajstić information content (AvgIpc) is 2.95. The van der Waals surface area contributed by atoms with Crippen LogP contribution < -0.4 is 4.74 Å². The van der Waals surface area contributed by atoms with Crippen molar-refractivity contribution >= 4 is 27.4 Å². The van der Waals surface area contributed by atoms with Gasteiger partial charge < -0.3 is 9.84 Å². The third-order valence-electron chi connectivity index (χ3n) is 4.42. The minimum absolute atomic E-state index is 0.703. The Bertz CT molecular complexity index is 638. The molecule has 3 nitrogen and oxygen atoms in total. The van der Waals surface area contributed by atoms with Crippen LogP contribution in [-0.2, 0) is 10.2 Å². The summed E-state index contributed by atoms with van der Waals surface area (Å²) in [5, 5.41) is 12.9. The lowest BCUT2D eigenvalue weighted by molar-refractivity contribution is -0.145. The number of methoxy groups -OCH3 is 1. The molecule has 0 amide bonds. The molecule has 1 aromatic carbocycles. The van der Waals surface area contributed by atoms with Crippen molar-refractivity contribution < 1.29 is 14.6 Å². The molecule has 1 N–H and O–H groups in total. The van der Waals surface area contributed by atoms with E-state index >= 15 is 0 Å². The lowest BCUT2D eigenvalue weighted by atomic mass is 9.69. The number of carboxylic acids is 1. The Morgan fingerprint density at radius 1 is 1.25 bits per heavy atom. The number of carboxylic acid groups (broad SMARTS) is 1. The minimum Gasteiger partial charge on any atom is -0.496 e. The molecule has 0 unspecified atom stereocenters. The Kier molecular flexibility index (Phi) is 3.42. The summed E-state index contributed by atoms with van der Waals surface area (Å²) < 4.78 is 6.73. The molecule has 1 aromatic heterocycles. The third kappa shape index (κ3) is 1.90. The number of hydrogen-bond acceptors (Lipinski definition) is 3. The van der Waals surface area contributed by atoms with Crippen LogP contribution in [0.4, 0.5) is 0 Å². The van der Waals surface area contributed by atoms with Gasteiger partial charge in [-0.2, -0.15) is 0 Å². The van der Waals surface area contributed by atoms with E-state index in [1.54, 1.807) is 18.4 Å². The summed E-state index contributed by atoms with van der Waals surface area (Å²) in [7, 11) is 1.63. The zero-order chi connectivity index (χ0) is 14.2. The first-order chi connectivity index (χ1) is 9.69. The second-order valence-electron chi connectivity index (χ2n) is 5.43. The summed E-state index contributed by atoms with van der Waals surface area (Å²) in [5.41, 5.74) is 0.0674. The van der Waals surface area contributed by atoms with Gasteiger partial charge in [0.15, 0.2) is 0 Å². The first kappa shape index (κ1) is 13.4. The number of ether oxygens (including phenoxy) is 1. The number of rotatable bonds is 3. The number of carbonyl (C=O) groups is 1.